The molecule has 0 heterocycles. The van der Waals surface area contributed by atoms with Crippen molar-refractivity contribution in [2.45, 2.75) is 39.2 Å². The third-order valence-corrected chi connectivity index (χ3v) is 1.69. The molecular formula is C9H17NO2. The van der Waals surface area contributed by atoms with E-state index in [1.165, 1.54) is 6.20 Å². The largest absolute Gasteiger partial charge is 0.478 e. The Morgan fingerprint density at radius 3 is 2.67 bits per heavy atom. The summed E-state index contributed by atoms with van der Waals surface area (Å²) in [5.74, 6) is -0.908. The molecule has 0 aliphatic rings. The molecule has 0 radical (unpaired) electrons. The zero-order chi connectivity index (χ0) is 9.40. The van der Waals surface area contributed by atoms with Crippen molar-refractivity contribution in [3.8, 4) is 0 Å². The molecule has 0 rings (SSSR count). The summed E-state index contributed by atoms with van der Waals surface area (Å²) in [6, 6.07) is 0.408. The molecule has 2 N–H and O–H groups in total. The van der Waals surface area contributed by atoms with Crippen molar-refractivity contribution in [3.05, 3.63) is 12.3 Å². The molecule has 1 unspecified atom stereocenters. The molecule has 0 saturated carbocycles. The Hall–Kier alpha value is -0.990. The Morgan fingerprint density at radius 2 is 2.25 bits per heavy atom. The number of rotatable bonds is 6. The van der Waals surface area contributed by atoms with Crippen molar-refractivity contribution in [2.24, 2.45) is 0 Å². The Kier molecular flexibility index (Phi) is 6.15. The molecule has 0 aromatic carbocycles. The summed E-state index contributed by atoms with van der Waals surface area (Å²) >= 11 is 0. The fraction of sp³-hybridized carbons (Fsp3) is 0.667. The molecule has 3 nitrogen and oxygen atoms in total. The Balaban J connectivity index is 3.63. The second-order valence-corrected chi connectivity index (χ2v) is 2.73. The average molecular weight is 171 g/mol. The van der Waals surface area contributed by atoms with Gasteiger partial charge in [0.1, 0.15) is 0 Å². The topological polar surface area (TPSA) is 49.3 Å². The number of carboxylic acid groups (broad SMARTS) is 1. The normalized spacial score (nSPS) is 13.2. The van der Waals surface area contributed by atoms with Gasteiger partial charge in [-0.2, -0.15) is 0 Å². The number of aliphatic carboxylic acids is 1. The van der Waals surface area contributed by atoms with E-state index in [4.69, 9.17) is 5.11 Å². The number of nitrogens with one attached hydrogen (secondary N) is 1. The average Bonchev–Trinajstić information content (AvgIpc) is 2.02. The first-order valence-corrected chi connectivity index (χ1v) is 4.36. The summed E-state index contributed by atoms with van der Waals surface area (Å²) in [5, 5.41) is 11.3. The molecular weight excluding hydrogens is 154 g/mol. The predicted octanol–water partition coefficient (Wildman–Crippen LogP) is 1.75. The zero-order valence-electron chi connectivity index (χ0n) is 7.71. The van der Waals surface area contributed by atoms with Crippen molar-refractivity contribution in [1.82, 2.24) is 5.32 Å². The van der Waals surface area contributed by atoms with Gasteiger partial charge in [0.15, 0.2) is 0 Å². The highest BCUT2D eigenvalue weighted by Gasteiger charge is 1.99. The monoisotopic (exact) mass is 171 g/mol. The molecule has 0 spiro atoms. The van der Waals surface area contributed by atoms with Crippen LogP contribution in [-0.4, -0.2) is 17.1 Å². The molecule has 0 bridgehead atoms. The Labute approximate surface area is 73.5 Å². The van der Waals surface area contributed by atoms with Gasteiger partial charge in [-0.3, -0.25) is 0 Å². The molecule has 0 saturated heterocycles. The lowest BCUT2D eigenvalue weighted by atomic mass is 10.1. The minimum Gasteiger partial charge on any atom is -0.478 e. The molecule has 70 valence electrons. The van der Waals surface area contributed by atoms with Gasteiger partial charge >= 0.3 is 5.97 Å². The van der Waals surface area contributed by atoms with Crippen LogP contribution in [-0.2, 0) is 4.79 Å². The quantitative estimate of drug-likeness (QED) is 0.598. The molecule has 0 amide bonds. The molecule has 0 aromatic heterocycles. The number of hydrogen-bond donors (Lipinski definition) is 2. The molecule has 0 aliphatic heterocycles. The van der Waals surface area contributed by atoms with Gasteiger partial charge in [0.05, 0.1) is 0 Å². The molecule has 0 aliphatic carbocycles. The Morgan fingerprint density at radius 1 is 1.58 bits per heavy atom. The van der Waals surface area contributed by atoms with E-state index in [0.717, 1.165) is 25.3 Å². The lowest BCUT2D eigenvalue weighted by molar-refractivity contribution is -0.131. The van der Waals surface area contributed by atoms with Crippen LogP contribution in [0.4, 0.5) is 0 Å². The number of carbonyl (C=O) groups is 1. The van der Waals surface area contributed by atoms with Crippen LogP contribution in [0, 0.1) is 0 Å². The highest BCUT2D eigenvalue weighted by atomic mass is 16.4. The summed E-state index contributed by atoms with van der Waals surface area (Å²) in [7, 11) is 0. The van der Waals surface area contributed by atoms with Gasteiger partial charge in [0.25, 0.3) is 0 Å². The maximum Gasteiger partial charge on any atom is 0.329 e. The fourth-order valence-electron chi connectivity index (χ4n) is 1.01. The first-order chi connectivity index (χ1) is 5.70. The lowest BCUT2D eigenvalue weighted by Gasteiger charge is -2.12. The summed E-state index contributed by atoms with van der Waals surface area (Å²) in [5.41, 5.74) is 0. The number of hydrogen-bond acceptors (Lipinski definition) is 2. The van der Waals surface area contributed by atoms with Crippen molar-refractivity contribution in [3.63, 3.8) is 0 Å². The molecule has 0 fully saturated rings. The lowest BCUT2D eigenvalue weighted by Crippen LogP contribution is -2.23. The maximum atomic E-state index is 10.1. The van der Waals surface area contributed by atoms with Gasteiger partial charge in [-0.1, -0.05) is 20.3 Å². The van der Waals surface area contributed by atoms with Crippen molar-refractivity contribution in [2.75, 3.05) is 0 Å². The van der Waals surface area contributed by atoms with E-state index in [2.05, 4.69) is 19.2 Å². The molecule has 12 heavy (non-hydrogen) atoms. The van der Waals surface area contributed by atoms with Crippen LogP contribution in [0.1, 0.15) is 33.1 Å². The minimum absolute atomic E-state index is 0.408. The van der Waals surface area contributed by atoms with E-state index in [-0.39, 0.29) is 0 Å². The van der Waals surface area contributed by atoms with Gasteiger partial charge in [0, 0.05) is 18.3 Å². The molecule has 3 heteroatoms. The SMILES string of the molecule is CCCC(CC)N/C=C/C(=O)O. The van der Waals surface area contributed by atoms with Crippen molar-refractivity contribution >= 4 is 5.97 Å². The minimum atomic E-state index is -0.908. The fourth-order valence-corrected chi connectivity index (χ4v) is 1.01. The van der Waals surface area contributed by atoms with Gasteiger partial charge in [-0.05, 0) is 12.8 Å². The van der Waals surface area contributed by atoms with Crippen LogP contribution in [0.15, 0.2) is 12.3 Å². The van der Waals surface area contributed by atoms with Crippen LogP contribution in [0.3, 0.4) is 0 Å². The van der Waals surface area contributed by atoms with Crippen molar-refractivity contribution < 1.29 is 9.90 Å². The smallest absolute Gasteiger partial charge is 0.329 e. The van der Waals surface area contributed by atoms with Crippen LogP contribution in [0.5, 0.6) is 0 Å². The molecule has 1 atom stereocenters. The van der Waals surface area contributed by atoms with Crippen molar-refractivity contribution in [1.29, 1.82) is 0 Å². The van der Waals surface area contributed by atoms with Gasteiger partial charge in [-0.15, -0.1) is 0 Å². The van der Waals surface area contributed by atoms with Crippen LogP contribution >= 0.6 is 0 Å². The summed E-state index contributed by atoms with van der Waals surface area (Å²) in [4.78, 5) is 10.1. The van der Waals surface area contributed by atoms with E-state index in [9.17, 15) is 4.79 Å². The predicted molar refractivity (Wildman–Crippen MR) is 48.9 cm³/mol. The maximum absolute atomic E-state index is 10.1. The second-order valence-electron chi connectivity index (χ2n) is 2.73. The van der Waals surface area contributed by atoms with Crippen LogP contribution in [0.25, 0.3) is 0 Å². The summed E-state index contributed by atoms with van der Waals surface area (Å²) in [6.07, 6.45) is 5.86. The summed E-state index contributed by atoms with van der Waals surface area (Å²) in [6.45, 7) is 4.20. The van der Waals surface area contributed by atoms with Crippen LogP contribution < -0.4 is 5.32 Å². The highest BCUT2D eigenvalue weighted by molar-refractivity contribution is 5.79. The van der Waals surface area contributed by atoms with Gasteiger partial charge < -0.3 is 10.4 Å². The van der Waals surface area contributed by atoms with Gasteiger partial charge in [0.2, 0.25) is 0 Å². The zero-order valence-corrected chi connectivity index (χ0v) is 7.71. The summed E-state index contributed by atoms with van der Waals surface area (Å²) < 4.78 is 0. The Bertz CT molecular complexity index is 155. The standard InChI is InChI=1S/C9H17NO2/c1-3-5-8(4-2)10-7-6-9(11)12/h6-8,10H,3-5H2,1-2H3,(H,11,12)/b7-6+. The second kappa shape index (κ2) is 6.70. The van der Waals surface area contributed by atoms with E-state index < -0.39 is 5.97 Å². The first-order valence-electron chi connectivity index (χ1n) is 4.36. The van der Waals surface area contributed by atoms with E-state index in [1.807, 2.05) is 0 Å². The van der Waals surface area contributed by atoms with E-state index >= 15 is 0 Å². The van der Waals surface area contributed by atoms with E-state index in [1.54, 1.807) is 0 Å². The third-order valence-electron chi connectivity index (χ3n) is 1.69. The van der Waals surface area contributed by atoms with E-state index in [0.29, 0.717) is 6.04 Å². The highest BCUT2D eigenvalue weighted by Crippen LogP contribution is 2.00. The third kappa shape index (κ3) is 5.77. The number of carboxylic acids is 1. The first kappa shape index (κ1) is 11.0. The molecule has 0 aromatic rings. The van der Waals surface area contributed by atoms with Gasteiger partial charge in [-0.25, -0.2) is 4.79 Å². The van der Waals surface area contributed by atoms with Crippen LogP contribution in [0.2, 0.25) is 0 Å².